The van der Waals surface area contributed by atoms with Crippen molar-refractivity contribution in [3.05, 3.63) is 68.7 Å². The summed E-state index contributed by atoms with van der Waals surface area (Å²) in [7, 11) is 0. The number of halogens is 3. The van der Waals surface area contributed by atoms with Crippen molar-refractivity contribution in [1.29, 1.82) is 0 Å². The van der Waals surface area contributed by atoms with Crippen molar-refractivity contribution in [1.82, 2.24) is 9.97 Å². The first-order chi connectivity index (χ1) is 12.1. The Morgan fingerprint density at radius 2 is 1.68 bits per heavy atom. The Morgan fingerprint density at radius 1 is 0.960 bits per heavy atom. The molecule has 3 nitrogen and oxygen atoms in total. The summed E-state index contributed by atoms with van der Waals surface area (Å²) in [5.74, 6) is 0.680. The van der Waals surface area contributed by atoms with E-state index in [1.807, 2.05) is 18.2 Å². The summed E-state index contributed by atoms with van der Waals surface area (Å²) in [6.07, 6.45) is 1.54. The van der Waals surface area contributed by atoms with Crippen LogP contribution in [-0.2, 0) is 0 Å². The molecule has 0 spiro atoms. The maximum Gasteiger partial charge on any atom is 0.143 e. The number of hydrogen-bond acceptors (Lipinski definition) is 4. The van der Waals surface area contributed by atoms with E-state index in [1.165, 1.54) is 6.33 Å². The van der Waals surface area contributed by atoms with Crippen molar-refractivity contribution in [3.63, 3.8) is 0 Å². The first-order valence-electron chi connectivity index (χ1n) is 7.32. The zero-order chi connectivity index (χ0) is 17.4. The van der Waals surface area contributed by atoms with Gasteiger partial charge >= 0.3 is 0 Å². The van der Waals surface area contributed by atoms with E-state index in [1.54, 1.807) is 23.5 Å². The summed E-state index contributed by atoms with van der Waals surface area (Å²) in [6, 6.07) is 13.5. The number of anilines is 2. The minimum atomic E-state index is 0.541. The van der Waals surface area contributed by atoms with Crippen LogP contribution in [-0.4, -0.2) is 9.97 Å². The molecule has 0 aliphatic rings. The lowest BCUT2D eigenvalue weighted by atomic mass is 10.1. The normalized spacial score (nSPS) is 11.0. The quantitative estimate of drug-likeness (QED) is 0.359. The molecule has 0 aliphatic heterocycles. The Kier molecular flexibility index (Phi) is 4.65. The minimum absolute atomic E-state index is 0.541. The molecule has 0 unspecified atom stereocenters. The maximum atomic E-state index is 6.29. The zero-order valence-corrected chi connectivity index (χ0v) is 16.5. The molecule has 0 radical (unpaired) electrons. The molecule has 124 valence electrons. The number of benzene rings is 2. The maximum absolute atomic E-state index is 6.29. The molecule has 0 aliphatic carbocycles. The summed E-state index contributed by atoms with van der Waals surface area (Å²) in [5.41, 5.74) is 2.80. The van der Waals surface area contributed by atoms with Crippen LogP contribution in [0, 0.1) is 0 Å². The highest BCUT2D eigenvalue weighted by Gasteiger charge is 2.15. The fraction of sp³-hybridized carbons (Fsp3) is 0. The molecule has 0 saturated carbocycles. The number of rotatable bonds is 3. The van der Waals surface area contributed by atoms with Crippen molar-refractivity contribution in [2.24, 2.45) is 0 Å². The van der Waals surface area contributed by atoms with Crippen molar-refractivity contribution < 1.29 is 0 Å². The second-order valence-corrected chi connectivity index (χ2v) is 7.87. The lowest BCUT2D eigenvalue weighted by molar-refractivity contribution is 1.23. The van der Waals surface area contributed by atoms with Crippen LogP contribution in [0.3, 0.4) is 0 Å². The van der Waals surface area contributed by atoms with E-state index in [-0.39, 0.29) is 0 Å². The third-order valence-electron chi connectivity index (χ3n) is 3.73. The summed E-state index contributed by atoms with van der Waals surface area (Å²) >= 11 is 17.6. The van der Waals surface area contributed by atoms with Gasteiger partial charge in [0.15, 0.2) is 0 Å². The standard InChI is InChI=1S/C18H10BrCl2N3S/c19-11-6-4-10(5-7-11)12-8-25-18-15(12)17(22-9-23-18)24-16-13(20)2-1-3-14(16)21/h1-9H,(H,22,23,24). The van der Waals surface area contributed by atoms with Crippen LogP contribution in [0.1, 0.15) is 0 Å². The van der Waals surface area contributed by atoms with Gasteiger partial charge in [-0.3, -0.25) is 0 Å². The van der Waals surface area contributed by atoms with Gasteiger partial charge in [-0.05, 0) is 29.8 Å². The van der Waals surface area contributed by atoms with Crippen LogP contribution < -0.4 is 5.32 Å². The van der Waals surface area contributed by atoms with E-state index < -0.39 is 0 Å². The van der Waals surface area contributed by atoms with E-state index in [9.17, 15) is 0 Å². The summed E-state index contributed by atoms with van der Waals surface area (Å²) in [5, 5.41) is 7.39. The highest BCUT2D eigenvalue weighted by atomic mass is 79.9. The van der Waals surface area contributed by atoms with Crippen LogP contribution in [0.25, 0.3) is 21.3 Å². The Morgan fingerprint density at radius 3 is 2.40 bits per heavy atom. The predicted octanol–water partition coefficient (Wildman–Crippen LogP) is 7.17. The number of fused-ring (bicyclic) bond motifs is 1. The Hall–Kier alpha value is -1.66. The highest BCUT2D eigenvalue weighted by Crippen LogP contribution is 2.39. The average molecular weight is 451 g/mol. The molecule has 2 aromatic carbocycles. The van der Waals surface area contributed by atoms with Gasteiger partial charge in [-0.1, -0.05) is 57.3 Å². The minimum Gasteiger partial charge on any atom is -0.337 e. The Balaban J connectivity index is 1.87. The van der Waals surface area contributed by atoms with E-state index in [0.29, 0.717) is 21.6 Å². The van der Waals surface area contributed by atoms with Gasteiger partial charge in [0, 0.05) is 15.4 Å². The summed E-state index contributed by atoms with van der Waals surface area (Å²) in [6.45, 7) is 0. The van der Waals surface area contributed by atoms with Gasteiger partial charge in [-0.15, -0.1) is 11.3 Å². The second-order valence-electron chi connectivity index (χ2n) is 5.28. The first-order valence-corrected chi connectivity index (χ1v) is 9.75. The summed E-state index contributed by atoms with van der Waals surface area (Å²) in [4.78, 5) is 9.70. The predicted molar refractivity (Wildman–Crippen MR) is 110 cm³/mol. The van der Waals surface area contributed by atoms with Crippen LogP contribution in [0.5, 0.6) is 0 Å². The molecule has 2 aromatic heterocycles. The molecule has 2 heterocycles. The van der Waals surface area contributed by atoms with Gasteiger partial charge in [0.2, 0.25) is 0 Å². The van der Waals surface area contributed by atoms with Gasteiger partial charge in [-0.25, -0.2) is 9.97 Å². The molecule has 25 heavy (non-hydrogen) atoms. The number of para-hydroxylation sites is 1. The number of thiophene rings is 1. The van der Waals surface area contributed by atoms with Gasteiger partial charge in [0.05, 0.1) is 21.1 Å². The molecule has 4 aromatic rings. The lowest BCUT2D eigenvalue weighted by Gasteiger charge is -2.11. The Bertz CT molecular complexity index is 1040. The van der Waals surface area contributed by atoms with Crippen LogP contribution in [0.2, 0.25) is 10.0 Å². The fourth-order valence-electron chi connectivity index (χ4n) is 2.55. The van der Waals surface area contributed by atoms with Crippen molar-refractivity contribution in [3.8, 4) is 11.1 Å². The number of hydrogen-bond donors (Lipinski definition) is 1. The first kappa shape index (κ1) is 16.8. The molecule has 7 heteroatoms. The smallest absolute Gasteiger partial charge is 0.143 e. The molecule has 0 saturated heterocycles. The van der Waals surface area contributed by atoms with E-state index in [4.69, 9.17) is 23.2 Å². The van der Waals surface area contributed by atoms with Crippen molar-refractivity contribution in [2.75, 3.05) is 5.32 Å². The largest absolute Gasteiger partial charge is 0.337 e. The van der Waals surface area contributed by atoms with Gasteiger partial charge in [0.25, 0.3) is 0 Å². The van der Waals surface area contributed by atoms with Gasteiger partial charge < -0.3 is 5.32 Å². The number of nitrogens with one attached hydrogen (secondary N) is 1. The van der Waals surface area contributed by atoms with E-state index in [0.717, 1.165) is 25.8 Å². The van der Waals surface area contributed by atoms with E-state index in [2.05, 4.69) is 48.7 Å². The van der Waals surface area contributed by atoms with Crippen molar-refractivity contribution in [2.45, 2.75) is 0 Å². The van der Waals surface area contributed by atoms with E-state index >= 15 is 0 Å². The van der Waals surface area contributed by atoms with Gasteiger partial charge in [-0.2, -0.15) is 0 Å². The molecule has 4 rings (SSSR count). The molecule has 0 amide bonds. The van der Waals surface area contributed by atoms with Crippen LogP contribution in [0.15, 0.2) is 58.6 Å². The molecular formula is C18H10BrCl2N3S. The average Bonchev–Trinajstić information content (AvgIpc) is 3.04. The lowest BCUT2D eigenvalue weighted by Crippen LogP contribution is -1.97. The molecule has 0 bridgehead atoms. The molecule has 0 atom stereocenters. The third-order valence-corrected chi connectivity index (χ3v) is 5.78. The van der Waals surface area contributed by atoms with Crippen molar-refractivity contribution >= 4 is 72.2 Å². The Labute approximate surface area is 166 Å². The SMILES string of the molecule is Clc1cccc(Cl)c1Nc1ncnc2scc(-c3ccc(Br)cc3)c12. The zero-order valence-electron chi connectivity index (χ0n) is 12.6. The fourth-order valence-corrected chi connectivity index (χ4v) is 4.22. The van der Waals surface area contributed by atoms with Gasteiger partial charge in [0.1, 0.15) is 17.0 Å². The highest BCUT2D eigenvalue weighted by molar-refractivity contribution is 9.10. The number of aromatic nitrogens is 2. The molecule has 1 N–H and O–H groups in total. The third kappa shape index (κ3) is 3.25. The topological polar surface area (TPSA) is 37.8 Å². The molecule has 0 fully saturated rings. The monoisotopic (exact) mass is 449 g/mol. The van der Waals surface area contributed by atoms with Crippen LogP contribution >= 0.6 is 50.5 Å². The molecular weight excluding hydrogens is 441 g/mol. The summed E-state index contributed by atoms with van der Waals surface area (Å²) < 4.78 is 1.04. The number of nitrogens with zero attached hydrogens (tertiary/aromatic N) is 2. The van der Waals surface area contributed by atoms with Crippen LogP contribution in [0.4, 0.5) is 11.5 Å². The second kappa shape index (κ2) is 6.92.